The van der Waals surface area contributed by atoms with Gasteiger partial charge in [0.15, 0.2) is 15.8 Å². The Kier molecular flexibility index (Phi) is 7.33. The molecule has 1 atom stereocenters. The first-order chi connectivity index (χ1) is 12.6. The number of nitrogens with zero attached hydrogens (tertiary/aromatic N) is 3. The number of anilines is 1. The summed E-state index contributed by atoms with van der Waals surface area (Å²) in [6.07, 6.45) is 2.67. The van der Waals surface area contributed by atoms with Crippen LogP contribution in [0, 0.1) is 0 Å². The number of halogens is 1. The highest BCUT2D eigenvalue weighted by atomic mass is 35.5. The zero-order chi connectivity index (χ0) is 20.1. The molecule has 2 N–H and O–H groups in total. The summed E-state index contributed by atoms with van der Waals surface area (Å²) in [7, 11) is -3.18. The maximum Gasteiger partial charge on any atom is 0.191 e. The molecule has 1 aromatic heterocycles. The van der Waals surface area contributed by atoms with Gasteiger partial charge in [-0.2, -0.15) is 0 Å². The molecule has 0 aromatic carbocycles. The topological polar surface area (TPSA) is 86.7 Å². The molecular weight excluding hydrogens is 386 g/mol. The molecule has 2 rings (SSSR count). The number of aliphatic imine (C=N–C) groups is 1. The molecule has 0 amide bonds. The predicted octanol–water partition coefficient (Wildman–Crippen LogP) is 2.08. The molecule has 1 aliphatic rings. The van der Waals surface area contributed by atoms with Crippen LogP contribution >= 0.6 is 11.6 Å². The van der Waals surface area contributed by atoms with E-state index in [1.807, 2.05) is 19.1 Å². The van der Waals surface area contributed by atoms with Crippen molar-refractivity contribution in [3.8, 4) is 0 Å². The molecule has 152 valence electrons. The summed E-state index contributed by atoms with van der Waals surface area (Å²) in [6, 6.07) is 3.85. The fourth-order valence-corrected chi connectivity index (χ4v) is 3.96. The quantitative estimate of drug-likeness (QED) is 0.546. The Balaban J connectivity index is 1.95. The van der Waals surface area contributed by atoms with E-state index in [9.17, 15) is 8.42 Å². The lowest BCUT2D eigenvalue weighted by Crippen LogP contribution is -2.45. The average molecular weight is 416 g/mol. The van der Waals surface area contributed by atoms with Crippen LogP contribution in [0.25, 0.3) is 0 Å². The molecule has 0 aliphatic carbocycles. The first kappa shape index (κ1) is 21.8. The van der Waals surface area contributed by atoms with Gasteiger partial charge in [-0.1, -0.05) is 11.6 Å². The van der Waals surface area contributed by atoms with Crippen molar-refractivity contribution in [2.75, 3.05) is 36.8 Å². The second kappa shape index (κ2) is 9.10. The van der Waals surface area contributed by atoms with Crippen LogP contribution in [0.15, 0.2) is 23.3 Å². The maximum atomic E-state index is 12.2. The lowest BCUT2D eigenvalue weighted by atomic mass is 10.3. The minimum Gasteiger partial charge on any atom is -0.357 e. The van der Waals surface area contributed by atoms with Gasteiger partial charge < -0.3 is 15.5 Å². The average Bonchev–Trinajstić information content (AvgIpc) is 3.02. The number of hydrogen-bond donors (Lipinski definition) is 2. The Hall–Kier alpha value is -1.54. The first-order valence-corrected chi connectivity index (χ1v) is 11.3. The summed E-state index contributed by atoms with van der Waals surface area (Å²) in [5.41, 5.74) is 0. The molecule has 0 spiro atoms. The standard InChI is InChI=1S/C18H30ClN5O2S/c1-5-20-17(22-10-12-27(25,26)18(2,3)4)23-14-8-11-24(13-14)16-15(19)7-6-9-21-16/h6-7,9,14H,5,8,10-13H2,1-4H3,(H2,20,22,23). The van der Waals surface area contributed by atoms with Crippen LogP contribution in [0.1, 0.15) is 34.1 Å². The summed E-state index contributed by atoms with van der Waals surface area (Å²) in [4.78, 5) is 11.0. The van der Waals surface area contributed by atoms with Gasteiger partial charge in [0.05, 0.1) is 22.1 Å². The van der Waals surface area contributed by atoms with Crippen molar-refractivity contribution in [2.45, 2.75) is 44.9 Å². The van der Waals surface area contributed by atoms with Crippen molar-refractivity contribution in [2.24, 2.45) is 4.99 Å². The van der Waals surface area contributed by atoms with E-state index in [1.165, 1.54) is 0 Å². The van der Waals surface area contributed by atoms with E-state index in [-0.39, 0.29) is 18.3 Å². The molecule has 7 nitrogen and oxygen atoms in total. The molecule has 1 unspecified atom stereocenters. The van der Waals surface area contributed by atoms with Gasteiger partial charge in [-0.15, -0.1) is 0 Å². The van der Waals surface area contributed by atoms with E-state index in [2.05, 4.69) is 25.5 Å². The number of pyridine rings is 1. The van der Waals surface area contributed by atoms with Crippen molar-refractivity contribution >= 4 is 33.2 Å². The van der Waals surface area contributed by atoms with E-state index in [4.69, 9.17) is 11.6 Å². The van der Waals surface area contributed by atoms with E-state index in [0.29, 0.717) is 17.5 Å². The van der Waals surface area contributed by atoms with Gasteiger partial charge in [0.1, 0.15) is 5.82 Å². The number of aromatic nitrogens is 1. The summed E-state index contributed by atoms with van der Waals surface area (Å²) >= 11 is 6.24. The fourth-order valence-electron chi connectivity index (χ4n) is 2.78. The third-order valence-electron chi connectivity index (χ3n) is 4.47. The molecule has 0 radical (unpaired) electrons. The SMILES string of the molecule is CCNC(=NCCS(=O)(=O)C(C)(C)C)NC1CCN(c2ncccc2Cl)C1. The Labute approximate surface area is 167 Å². The largest absolute Gasteiger partial charge is 0.357 e. The number of nitrogens with one attached hydrogen (secondary N) is 2. The number of guanidine groups is 1. The summed E-state index contributed by atoms with van der Waals surface area (Å²) in [5.74, 6) is 1.47. The van der Waals surface area contributed by atoms with E-state index in [1.54, 1.807) is 27.0 Å². The van der Waals surface area contributed by atoms with Crippen molar-refractivity contribution in [3.63, 3.8) is 0 Å². The van der Waals surface area contributed by atoms with Crippen LogP contribution < -0.4 is 15.5 Å². The van der Waals surface area contributed by atoms with Crippen LogP contribution in [0.2, 0.25) is 5.02 Å². The van der Waals surface area contributed by atoms with Crippen LogP contribution in [0.4, 0.5) is 5.82 Å². The van der Waals surface area contributed by atoms with Crippen molar-refractivity contribution in [1.82, 2.24) is 15.6 Å². The Morgan fingerprint density at radius 2 is 2.19 bits per heavy atom. The van der Waals surface area contributed by atoms with E-state index < -0.39 is 14.6 Å². The third kappa shape index (κ3) is 5.97. The molecule has 0 bridgehead atoms. The van der Waals surface area contributed by atoms with E-state index in [0.717, 1.165) is 25.3 Å². The summed E-state index contributed by atoms with van der Waals surface area (Å²) in [6.45, 7) is 9.69. The lowest BCUT2D eigenvalue weighted by molar-refractivity contribution is 0.560. The number of rotatable bonds is 6. The van der Waals surface area contributed by atoms with Crippen molar-refractivity contribution < 1.29 is 8.42 Å². The smallest absolute Gasteiger partial charge is 0.191 e. The van der Waals surface area contributed by atoms with Crippen molar-refractivity contribution in [3.05, 3.63) is 23.4 Å². The van der Waals surface area contributed by atoms with Gasteiger partial charge in [-0.3, -0.25) is 4.99 Å². The molecule has 9 heteroatoms. The van der Waals surface area contributed by atoms with E-state index >= 15 is 0 Å². The van der Waals surface area contributed by atoms with Crippen LogP contribution in [-0.4, -0.2) is 62.1 Å². The third-order valence-corrected chi connectivity index (χ3v) is 7.36. The maximum absolute atomic E-state index is 12.2. The normalized spacial score (nSPS) is 18.6. The predicted molar refractivity (Wildman–Crippen MR) is 113 cm³/mol. The van der Waals surface area contributed by atoms with Gasteiger partial charge in [-0.25, -0.2) is 13.4 Å². The molecule has 27 heavy (non-hydrogen) atoms. The zero-order valence-corrected chi connectivity index (χ0v) is 18.1. The Morgan fingerprint density at radius 1 is 1.44 bits per heavy atom. The van der Waals surface area contributed by atoms with Gasteiger partial charge in [-0.05, 0) is 46.2 Å². The second-order valence-electron chi connectivity index (χ2n) is 7.58. The first-order valence-electron chi connectivity index (χ1n) is 9.26. The Morgan fingerprint density at radius 3 is 2.81 bits per heavy atom. The molecule has 1 aliphatic heterocycles. The van der Waals surface area contributed by atoms with Crippen LogP contribution in [0.5, 0.6) is 0 Å². The second-order valence-corrected chi connectivity index (χ2v) is 10.8. The number of hydrogen-bond acceptors (Lipinski definition) is 5. The lowest BCUT2D eigenvalue weighted by Gasteiger charge is -2.21. The van der Waals surface area contributed by atoms with Crippen LogP contribution in [-0.2, 0) is 9.84 Å². The molecular formula is C18H30ClN5O2S. The highest BCUT2D eigenvalue weighted by Crippen LogP contribution is 2.25. The minimum atomic E-state index is -3.18. The summed E-state index contributed by atoms with van der Waals surface area (Å²) < 4.78 is 23.7. The van der Waals surface area contributed by atoms with Gasteiger partial charge in [0.25, 0.3) is 0 Å². The van der Waals surface area contributed by atoms with Gasteiger partial charge in [0, 0.05) is 31.9 Å². The molecule has 1 aromatic rings. The highest BCUT2D eigenvalue weighted by molar-refractivity contribution is 7.92. The highest BCUT2D eigenvalue weighted by Gasteiger charge is 2.28. The van der Waals surface area contributed by atoms with Crippen molar-refractivity contribution in [1.29, 1.82) is 0 Å². The molecule has 0 saturated carbocycles. The monoisotopic (exact) mass is 415 g/mol. The number of sulfone groups is 1. The minimum absolute atomic E-state index is 0.0351. The van der Waals surface area contributed by atoms with Gasteiger partial charge in [0.2, 0.25) is 0 Å². The Bertz CT molecular complexity index is 761. The summed E-state index contributed by atoms with van der Waals surface area (Å²) in [5, 5.41) is 7.22. The zero-order valence-electron chi connectivity index (χ0n) is 16.5. The molecule has 2 heterocycles. The molecule has 1 fully saturated rings. The molecule has 1 saturated heterocycles. The van der Waals surface area contributed by atoms with Crippen LogP contribution in [0.3, 0.4) is 0 Å². The van der Waals surface area contributed by atoms with Gasteiger partial charge >= 0.3 is 0 Å². The fraction of sp³-hybridized carbons (Fsp3) is 0.667.